The van der Waals surface area contributed by atoms with Crippen LogP contribution in [0.5, 0.6) is 0 Å². The molecular weight excluding hydrogens is 406 g/mol. The third-order valence-corrected chi connectivity index (χ3v) is 10.0. The summed E-state index contributed by atoms with van der Waals surface area (Å²) in [5.41, 5.74) is -0.961. The van der Waals surface area contributed by atoms with Crippen molar-refractivity contribution < 1.29 is 30.4 Å². The highest BCUT2D eigenvalue weighted by Crippen LogP contribution is 2.68. The molecule has 10 atom stereocenters. The molecule has 4 saturated carbocycles. The first-order valence-corrected chi connectivity index (χ1v) is 12.4. The van der Waals surface area contributed by atoms with Gasteiger partial charge in [0.15, 0.2) is 0 Å². The topological polar surface area (TPSA) is 107 Å². The van der Waals surface area contributed by atoms with Gasteiger partial charge in [-0.1, -0.05) is 20.8 Å². The van der Waals surface area contributed by atoms with Gasteiger partial charge in [0.05, 0.1) is 12.2 Å². The van der Waals surface area contributed by atoms with Gasteiger partial charge in [0.2, 0.25) is 5.91 Å². The van der Waals surface area contributed by atoms with Crippen molar-refractivity contribution in [1.82, 2.24) is 5.32 Å². The number of rotatable bonds is 6. The molecule has 4 fully saturated rings. The van der Waals surface area contributed by atoms with E-state index in [1.807, 2.05) is 6.92 Å². The van der Waals surface area contributed by atoms with Gasteiger partial charge in [0.25, 0.3) is 0 Å². The minimum Gasteiger partial charge on any atom is -0.480 e. The van der Waals surface area contributed by atoms with Crippen LogP contribution in [-0.2, 0) is 9.59 Å². The molecule has 4 aliphatic carbocycles. The highest BCUT2D eigenvalue weighted by molar-refractivity contribution is 5.81. The minimum atomic E-state index is -2.02. The standard InChI is InChI=1S/C26H43NO5/c1-15(4-9-23(30)27-14-24(31)32)19-7-8-20-18-6-5-16-12-17(28)10-11-25(16,2)21(18)13-22(29)26(19,20)3/h15-22,28-29H,4-14H2,1-3H3,(H,27,30)(H,31,32)/t15-,16?,17-,18+,19-,20+,21+,22+,25+,26-/m1/s1/i10D2,12D2. The normalized spacial score (nSPS) is 51.5. The molecule has 1 unspecified atom stereocenters. The van der Waals surface area contributed by atoms with Crippen LogP contribution in [0.15, 0.2) is 0 Å². The number of nitrogens with one attached hydrogen (secondary N) is 1. The van der Waals surface area contributed by atoms with E-state index in [0.29, 0.717) is 19.3 Å². The Kier molecular flexibility index (Phi) is 5.34. The number of aliphatic hydroxyl groups excluding tert-OH is 2. The summed E-state index contributed by atoms with van der Waals surface area (Å²) in [7, 11) is 0. The molecule has 0 radical (unpaired) electrons. The summed E-state index contributed by atoms with van der Waals surface area (Å²) in [6, 6.07) is 0. The average Bonchev–Trinajstić information content (AvgIpc) is 3.14. The van der Waals surface area contributed by atoms with Gasteiger partial charge in [-0.3, -0.25) is 9.59 Å². The fourth-order valence-electron chi connectivity index (χ4n) is 8.30. The molecule has 4 aliphatic rings. The summed E-state index contributed by atoms with van der Waals surface area (Å²) in [5, 5.41) is 33.4. The summed E-state index contributed by atoms with van der Waals surface area (Å²) in [6.07, 6.45) is -1.45. The van der Waals surface area contributed by atoms with Crippen LogP contribution in [0.4, 0.5) is 0 Å². The Morgan fingerprint density at radius 3 is 2.62 bits per heavy atom. The lowest BCUT2D eigenvalue weighted by molar-refractivity contribution is -0.175. The van der Waals surface area contributed by atoms with Crippen molar-refractivity contribution >= 4 is 11.9 Å². The number of carboxylic acids is 1. The fourth-order valence-corrected chi connectivity index (χ4v) is 8.30. The second-order valence-corrected chi connectivity index (χ2v) is 11.5. The van der Waals surface area contributed by atoms with Crippen LogP contribution in [0.1, 0.15) is 90.4 Å². The van der Waals surface area contributed by atoms with Gasteiger partial charge in [-0.15, -0.1) is 0 Å². The van der Waals surface area contributed by atoms with Crippen LogP contribution in [0, 0.1) is 46.3 Å². The maximum absolute atomic E-state index is 12.1. The van der Waals surface area contributed by atoms with Gasteiger partial charge < -0.3 is 20.6 Å². The Hall–Kier alpha value is -1.14. The van der Waals surface area contributed by atoms with Crippen LogP contribution in [0.25, 0.3) is 0 Å². The SMILES string of the molecule is [2H]C1([2H])C[C@@]2(C)C(CC[C@H]3[C@@H]4CC[C@H]([C@H](C)CCC(=O)NCC(=O)O)[C@@]4(C)[C@@H](O)C[C@@H]32)C([2H])([2H])[C@@H]1O. The highest BCUT2D eigenvalue weighted by atomic mass is 16.4. The Labute approximate surface area is 198 Å². The van der Waals surface area contributed by atoms with Gasteiger partial charge in [-0.05, 0) is 104 Å². The maximum atomic E-state index is 12.1. The van der Waals surface area contributed by atoms with Crippen molar-refractivity contribution in [2.75, 3.05) is 6.54 Å². The number of aliphatic hydroxyl groups is 2. The largest absolute Gasteiger partial charge is 0.480 e. The maximum Gasteiger partial charge on any atom is 0.322 e. The summed E-state index contributed by atoms with van der Waals surface area (Å²) < 4.78 is 34.2. The minimum absolute atomic E-state index is 0.00201. The number of carbonyl (C=O) groups excluding carboxylic acids is 1. The van der Waals surface area contributed by atoms with Gasteiger partial charge in [0, 0.05) is 11.9 Å². The number of amides is 1. The van der Waals surface area contributed by atoms with Gasteiger partial charge in [0.1, 0.15) is 6.54 Å². The molecule has 0 spiro atoms. The first kappa shape index (κ1) is 19.2. The van der Waals surface area contributed by atoms with E-state index in [2.05, 4.69) is 19.2 Å². The Morgan fingerprint density at radius 2 is 1.91 bits per heavy atom. The van der Waals surface area contributed by atoms with Crippen molar-refractivity contribution in [3.63, 3.8) is 0 Å². The van der Waals surface area contributed by atoms with Crippen LogP contribution in [0.3, 0.4) is 0 Å². The third kappa shape index (κ3) is 4.00. The highest BCUT2D eigenvalue weighted by Gasteiger charge is 2.63. The molecule has 0 aliphatic heterocycles. The van der Waals surface area contributed by atoms with Crippen molar-refractivity contribution in [3.05, 3.63) is 0 Å². The van der Waals surface area contributed by atoms with Crippen molar-refractivity contribution in [2.24, 2.45) is 46.3 Å². The van der Waals surface area contributed by atoms with E-state index in [1.54, 1.807) is 0 Å². The van der Waals surface area contributed by atoms with Gasteiger partial charge in [-0.25, -0.2) is 0 Å². The number of carbonyl (C=O) groups is 2. The molecular formula is C26H43NO5. The van der Waals surface area contributed by atoms with E-state index in [1.165, 1.54) is 0 Å². The van der Waals surface area contributed by atoms with E-state index in [9.17, 15) is 19.8 Å². The molecule has 4 rings (SSSR count). The number of carboxylic acid groups (broad SMARTS) is 1. The molecule has 6 heteroatoms. The molecule has 0 aromatic heterocycles. The number of aliphatic carboxylic acids is 1. The van der Waals surface area contributed by atoms with Gasteiger partial charge >= 0.3 is 5.97 Å². The van der Waals surface area contributed by atoms with Gasteiger partial charge in [-0.2, -0.15) is 0 Å². The molecule has 32 heavy (non-hydrogen) atoms. The second-order valence-electron chi connectivity index (χ2n) is 11.5. The van der Waals surface area contributed by atoms with E-state index in [-0.39, 0.29) is 60.3 Å². The summed E-state index contributed by atoms with van der Waals surface area (Å²) in [4.78, 5) is 22.8. The monoisotopic (exact) mass is 453 g/mol. The second kappa shape index (κ2) is 8.90. The molecule has 4 N–H and O–H groups in total. The van der Waals surface area contributed by atoms with E-state index < -0.39 is 42.3 Å². The van der Waals surface area contributed by atoms with Crippen molar-refractivity contribution in [2.45, 2.75) is 97.1 Å². The van der Waals surface area contributed by atoms with Crippen LogP contribution < -0.4 is 5.32 Å². The smallest absolute Gasteiger partial charge is 0.322 e. The molecule has 1 amide bonds. The Bertz CT molecular complexity index is 886. The predicted octanol–water partition coefficient (Wildman–Crippen LogP) is 3.59. The lowest BCUT2D eigenvalue weighted by Gasteiger charge is -2.62. The van der Waals surface area contributed by atoms with Crippen molar-refractivity contribution in [3.8, 4) is 0 Å². The zero-order chi connectivity index (χ0) is 26.8. The molecule has 0 aromatic rings. The summed E-state index contributed by atoms with van der Waals surface area (Å²) in [6.45, 7) is 5.90. The predicted molar refractivity (Wildman–Crippen MR) is 122 cm³/mol. The van der Waals surface area contributed by atoms with Crippen molar-refractivity contribution in [1.29, 1.82) is 0 Å². The number of hydrogen-bond acceptors (Lipinski definition) is 4. The lowest BCUT2D eigenvalue weighted by Crippen LogP contribution is -2.58. The molecule has 182 valence electrons. The summed E-state index contributed by atoms with van der Waals surface area (Å²) in [5.74, 6) is -0.857. The number of fused-ring (bicyclic) bond motifs is 5. The average molecular weight is 454 g/mol. The number of hydrogen-bond donors (Lipinski definition) is 4. The molecule has 0 aromatic carbocycles. The molecule has 0 heterocycles. The summed E-state index contributed by atoms with van der Waals surface area (Å²) >= 11 is 0. The van der Waals surface area contributed by atoms with E-state index in [0.717, 1.165) is 19.3 Å². The first-order valence-electron chi connectivity index (χ1n) is 14.4. The van der Waals surface area contributed by atoms with Crippen LogP contribution >= 0.6 is 0 Å². The zero-order valence-electron chi connectivity index (χ0n) is 23.6. The Balaban J connectivity index is 1.53. The fraction of sp³-hybridized carbons (Fsp3) is 0.923. The molecule has 0 bridgehead atoms. The molecule has 6 nitrogen and oxygen atoms in total. The first-order chi connectivity index (χ1) is 16.6. The lowest BCUT2D eigenvalue weighted by atomic mass is 9.43. The molecule has 0 saturated heterocycles. The van der Waals surface area contributed by atoms with Crippen LogP contribution in [-0.4, -0.2) is 45.9 Å². The third-order valence-electron chi connectivity index (χ3n) is 10.0. The Morgan fingerprint density at radius 1 is 1.16 bits per heavy atom. The quantitative estimate of drug-likeness (QED) is 0.492. The zero-order valence-corrected chi connectivity index (χ0v) is 19.6. The van der Waals surface area contributed by atoms with E-state index in [4.69, 9.17) is 10.6 Å². The van der Waals surface area contributed by atoms with E-state index >= 15 is 0 Å². The van der Waals surface area contributed by atoms with Crippen LogP contribution in [0.2, 0.25) is 0 Å².